The third-order valence-corrected chi connectivity index (χ3v) is 5.35. The lowest BCUT2D eigenvalue weighted by Gasteiger charge is -2.18. The number of benzene rings is 2. The van der Waals surface area contributed by atoms with E-state index in [9.17, 15) is 18.4 Å². The number of hydrogen-bond donors (Lipinski definition) is 0. The number of hydrogen-bond acceptors (Lipinski definition) is 6. The first-order chi connectivity index (χ1) is 14.8. The molecule has 0 unspecified atom stereocenters. The fourth-order valence-electron chi connectivity index (χ4n) is 2.81. The van der Waals surface area contributed by atoms with Crippen LogP contribution in [0.2, 0.25) is 5.02 Å². The summed E-state index contributed by atoms with van der Waals surface area (Å²) in [6, 6.07) is 9.66. The molecule has 2 heterocycles. The molecule has 1 aliphatic rings. The van der Waals surface area contributed by atoms with Gasteiger partial charge in [0.05, 0.1) is 22.0 Å². The zero-order valence-electron chi connectivity index (χ0n) is 15.8. The Morgan fingerprint density at radius 1 is 1.23 bits per heavy atom. The van der Waals surface area contributed by atoms with Crippen LogP contribution in [0.3, 0.4) is 0 Å². The van der Waals surface area contributed by atoms with Gasteiger partial charge in [-0.25, -0.2) is 23.6 Å². The van der Waals surface area contributed by atoms with E-state index in [4.69, 9.17) is 16.3 Å². The summed E-state index contributed by atoms with van der Waals surface area (Å²) in [5, 5.41) is 2.09. The van der Waals surface area contributed by atoms with Crippen LogP contribution < -0.4 is 4.90 Å². The average Bonchev–Trinajstić information content (AvgIpc) is 3.31. The molecular formula is C21H12ClF2N3O3S. The molecule has 1 aromatic heterocycles. The molecule has 3 aromatic rings. The van der Waals surface area contributed by atoms with Gasteiger partial charge in [0.1, 0.15) is 11.6 Å². The number of nitrogens with zero attached hydrogens (tertiary/aromatic N) is 3. The van der Waals surface area contributed by atoms with Crippen LogP contribution in [0.5, 0.6) is 0 Å². The van der Waals surface area contributed by atoms with Gasteiger partial charge in [-0.05, 0) is 30.3 Å². The highest BCUT2D eigenvalue weighted by Gasteiger charge is 2.26. The number of thiazole rings is 1. The van der Waals surface area contributed by atoms with Crippen LogP contribution in [0.15, 0.2) is 58.5 Å². The lowest BCUT2D eigenvalue weighted by Crippen LogP contribution is -2.23. The van der Waals surface area contributed by atoms with Gasteiger partial charge in [-0.3, -0.25) is 9.69 Å². The monoisotopic (exact) mass is 459 g/mol. The number of amides is 1. The number of ether oxygens (including phenoxy) is 1. The van der Waals surface area contributed by atoms with E-state index < -0.39 is 23.5 Å². The van der Waals surface area contributed by atoms with Gasteiger partial charge < -0.3 is 4.74 Å². The lowest BCUT2D eigenvalue weighted by molar-refractivity contribution is -0.130. The molecule has 4 rings (SSSR count). The third-order valence-electron chi connectivity index (χ3n) is 4.18. The summed E-state index contributed by atoms with van der Waals surface area (Å²) in [7, 11) is 0. The predicted octanol–water partition coefficient (Wildman–Crippen LogP) is 5.10. The number of esters is 1. The molecule has 0 atom stereocenters. The Hall–Kier alpha value is -3.43. The minimum absolute atomic E-state index is 0.00546. The molecule has 10 heteroatoms. The fourth-order valence-corrected chi connectivity index (χ4v) is 3.87. The number of aromatic nitrogens is 1. The maximum atomic E-state index is 14.2. The van der Waals surface area contributed by atoms with Crippen molar-refractivity contribution in [1.29, 1.82) is 0 Å². The van der Waals surface area contributed by atoms with Gasteiger partial charge in [0, 0.05) is 18.4 Å². The Kier molecular flexibility index (Phi) is 5.62. The van der Waals surface area contributed by atoms with E-state index in [2.05, 4.69) is 9.98 Å². The normalized spacial score (nSPS) is 14.5. The van der Waals surface area contributed by atoms with Gasteiger partial charge in [-0.15, -0.1) is 11.3 Å². The highest BCUT2D eigenvalue weighted by Crippen LogP contribution is 2.32. The number of halogens is 3. The Bertz CT molecular complexity index is 1270. The molecule has 1 amide bonds. The molecule has 0 spiro atoms. The molecule has 0 radical (unpaired) electrons. The quantitative estimate of drug-likeness (QED) is 0.402. The van der Waals surface area contributed by atoms with Gasteiger partial charge in [0.15, 0.2) is 10.8 Å². The van der Waals surface area contributed by atoms with Crippen molar-refractivity contribution in [2.24, 2.45) is 4.99 Å². The number of carbonyl (C=O) groups is 2. The zero-order valence-corrected chi connectivity index (χ0v) is 17.4. The largest absolute Gasteiger partial charge is 0.402 e. The summed E-state index contributed by atoms with van der Waals surface area (Å²) in [5.41, 5.74) is 0.634. The third kappa shape index (κ3) is 4.23. The molecule has 0 bridgehead atoms. The van der Waals surface area contributed by atoms with Crippen molar-refractivity contribution in [1.82, 2.24) is 4.98 Å². The topological polar surface area (TPSA) is 71.9 Å². The fraction of sp³-hybridized carbons (Fsp3) is 0.0476. The van der Waals surface area contributed by atoms with Crippen molar-refractivity contribution in [3.8, 4) is 0 Å². The molecule has 1 aliphatic heterocycles. The van der Waals surface area contributed by atoms with Gasteiger partial charge in [-0.2, -0.15) is 0 Å². The highest BCUT2D eigenvalue weighted by atomic mass is 35.5. The van der Waals surface area contributed by atoms with E-state index in [1.165, 1.54) is 13.0 Å². The number of rotatable bonds is 4. The van der Waals surface area contributed by atoms with Gasteiger partial charge >= 0.3 is 5.97 Å². The van der Waals surface area contributed by atoms with Crippen LogP contribution in [-0.2, 0) is 14.3 Å². The minimum Gasteiger partial charge on any atom is -0.402 e. The summed E-state index contributed by atoms with van der Waals surface area (Å²) >= 11 is 7.16. The van der Waals surface area contributed by atoms with E-state index in [1.807, 2.05) is 0 Å². The van der Waals surface area contributed by atoms with Crippen molar-refractivity contribution in [2.45, 2.75) is 6.92 Å². The van der Waals surface area contributed by atoms with Gasteiger partial charge in [0.25, 0.3) is 0 Å². The maximum absolute atomic E-state index is 14.2. The number of carbonyl (C=O) groups excluding carboxylic acids is 2. The zero-order chi connectivity index (χ0) is 22.1. The number of aliphatic imine (C=N–C) groups is 1. The van der Waals surface area contributed by atoms with E-state index in [0.29, 0.717) is 22.3 Å². The van der Waals surface area contributed by atoms with E-state index in [0.717, 1.165) is 28.4 Å². The first-order valence-corrected chi connectivity index (χ1v) is 10.1. The molecule has 31 heavy (non-hydrogen) atoms. The number of anilines is 2. The van der Waals surface area contributed by atoms with Gasteiger partial charge in [-0.1, -0.05) is 23.7 Å². The second-order valence-corrected chi connectivity index (χ2v) is 7.56. The molecular weight excluding hydrogens is 448 g/mol. The molecule has 156 valence electrons. The van der Waals surface area contributed by atoms with Crippen LogP contribution in [0.4, 0.5) is 19.6 Å². The molecule has 0 fully saturated rings. The Morgan fingerprint density at radius 3 is 2.71 bits per heavy atom. The molecule has 0 aliphatic carbocycles. The Labute approximate surface area is 184 Å². The van der Waals surface area contributed by atoms with Crippen LogP contribution >= 0.6 is 22.9 Å². The summed E-state index contributed by atoms with van der Waals surface area (Å²) in [4.78, 5) is 33.8. The van der Waals surface area contributed by atoms with Crippen LogP contribution in [-0.4, -0.2) is 22.8 Å². The van der Waals surface area contributed by atoms with Gasteiger partial charge in [0.2, 0.25) is 11.8 Å². The van der Waals surface area contributed by atoms with Crippen molar-refractivity contribution < 1.29 is 23.1 Å². The molecule has 0 saturated heterocycles. The first kappa shape index (κ1) is 20.8. The van der Waals surface area contributed by atoms with Crippen LogP contribution in [0, 0.1) is 11.6 Å². The van der Waals surface area contributed by atoms with Crippen molar-refractivity contribution in [3.63, 3.8) is 0 Å². The predicted molar refractivity (Wildman–Crippen MR) is 113 cm³/mol. The van der Waals surface area contributed by atoms with E-state index in [-0.39, 0.29) is 22.4 Å². The lowest BCUT2D eigenvalue weighted by atomic mass is 10.2. The van der Waals surface area contributed by atoms with Crippen molar-refractivity contribution in [3.05, 3.63) is 81.5 Å². The Balaban J connectivity index is 1.66. The molecule has 2 aromatic carbocycles. The SMILES string of the molecule is CC(=O)N(c1nc(C=C2N=C(c3ccccc3Cl)OC2=O)cs1)c1ccc(F)cc1F. The Morgan fingerprint density at radius 2 is 2.00 bits per heavy atom. The summed E-state index contributed by atoms with van der Waals surface area (Å²) in [6.45, 7) is 1.23. The van der Waals surface area contributed by atoms with E-state index in [1.54, 1.807) is 29.6 Å². The molecule has 0 saturated carbocycles. The average molecular weight is 460 g/mol. The standard InChI is InChI=1S/C21H12ClF2N3O3S/c1-11(28)27(18-7-6-12(23)8-16(18)24)21-25-13(10-31-21)9-17-20(29)30-19(26-17)14-4-2-3-5-15(14)22/h2-10H,1H3. The minimum atomic E-state index is -0.904. The van der Waals surface area contributed by atoms with E-state index >= 15 is 0 Å². The summed E-state index contributed by atoms with van der Waals surface area (Å²) < 4.78 is 32.6. The molecule has 0 N–H and O–H groups in total. The summed E-state index contributed by atoms with van der Waals surface area (Å²) in [5.74, 6) is -2.80. The molecule has 6 nitrogen and oxygen atoms in total. The second kappa shape index (κ2) is 8.37. The van der Waals surface area contributed by atoms with Crippen LogP contribution in [0.1, 0.15) is 18.2 Å². The smallest absolute Gasteiger partial charge is 0.363 e. The summed E-state index contributed by atoms with van der Waals surface area (Å²) in [6.07, 6.45) is 1.38. The number of cyclic esters (lactones) is 1. The van der Waals surface area contributed by atoms with Crippen molar-refractivity contribution in [2.75, 3.05) is 4.90 Å². The first-order valence-electron chi connectivity index (χ1n) is 8.82. The highest BCUT2D eigenvalue weighted by molar-refractivity contribution is 7.14. The van der Waals surface area contributed by atoms with Crippen LogP contribution in [0.25, 0.3) is 6.08 Å². The second-order valence-electron chi connectivity index (χ2n) is 6.32. The maximum Gasteiger partial charge on any atom is 0.363 e. The van der Waals surface area contributed by atoms with Crippen molar-refractivity contribution >= 4 is 57.6 Å².